The van der Waals surface area contributed by atoms with E-state index in [9.17, 15) is 17.6 Å². The van der Waals surface area contributed by atoms with Gasteiger partial charge in [0.25, 0.3) is 5.91 Å². The van der Waals surface area contributed by atoms with E-state index in [-0.39, 0.29) is 31.4 Å². The molecule has 0 spiro atoms. The topological polar surface area (TPSA) is 66.5 Å². The zero-order valence-corrected chi connectivity index (χ0v) is 15.1. The summed E-state index contributed by atoms with van der Waals surface area (Å²) in [4.78, 5) is 12.1. The number of hydrogen-bond donors (Lipinski definition) is 1. The van der Waals surface area contributed by atoms with Crippen LogP contribution in [0.4, 0.5) is 4.39 Å². The zero-order chi connectivity index (χ0) is 18.4. The molecule has 5 nitrogen and oxygen atoms in total. The van der Waals surface area contributed by atoms with Crippen LogP contribution < -0.4 is 5.32 Å². The minimum Gasteiger partial charge on any atom is -0.351 e. The van der Waals surface area contributed by atoms with Crippen molar-refractivity contribution in [2.75, 3.05) is 19.3 Å². The van der Waals surface area contributed by atoms with Crippen LogP contribution in [-0.2, 0) is 16.6 Å². The first kappa shape index (κ1) is 19.4. The predicted octanol–water partition coefficient (Wildman–Crippen LogP) is 2.67. The average Bonchev–Trinajstić information content (AvgIpc) is 2.55. The Morgan fingerprint density at radius 3 is 2.40 bits per heavy atom. The molecule has 0 aliphatic rings. The first-order chi connectivity index (χ1) is 11.8. The number of nitrogens with one attached hydrogen (secondary N) is 1. The smallest absolute Gasteiger partial charge is 0.252 e. The van der Waals surface area contributed by atoms with Gasteiger partial charge in [-0.3, -0.25) is 4.79 Å². The molecule has 1 N–H and O–H groups in total. The normalized spacial score (nSPS) is 11.5. The monoisotopic (exact) mass is 384 g/mol. The quantitative estimate of drug-likeness (QED) is 0.798. The van der Waals surface area contributed by atoms with Crippen LogP contribution in [0.1, 0.15) is 15.9 Å². The lowest BCUT2D eigenvalue weighted by molar-refractivity contribution is 0.0951. The second-order valence-electron chi connectivity index (χ2n) is 5.46. The third kappa shape index (κ3) is 5.81. The minimum atomic E-state index is -3.48. The molecule has 0 aromatic heterocycles. The molecule has 0 heterocycles. The molecule has 0 atom stereocenters. The molecule has 0 aliphatic carbocycles. The van der Waals surface area contributed by atoms with E-state index in [1.165, 1.54) is 28.6 Å². The fourth-order valence-electron chi connectivity index (χ4n) is 2.19. The van der Waals surface area contributed by atoms with Gasteiger partial charge >= 0.3 is 0 Å². The van der Waals surface area contributed by atoms with Crippen molar-refractivity contribution in [1.82, 2.24) is 9.62 Å². The number of nitrogens with zero attached hydrogens (tertiary/aromatic N) is 1. The third-order valence-electron chi connectivity index (χ3n) is 3.51. The van der Waals surface area contributed by atoms with Crippen molar-refractivity contribution in [3.8, 4) is 0 Å². The molecule has 8 heteroatoms. The fraction of sp³-hybridized carbons (Fsp3) is 0.235. The molecule has 0 fully saturated rings. The number of carbonyl (C=O) groups is 1. The van der Waals surface area contributed by atoms with Crippen LogP contribution in [0, 0.1) is 5.82 Å². The second kappa shape index (κ2) is 8.42. The van der Waals surface area contributed by atoms with Gasteiger partial charge in [-0.05, 0) is 29.8 Å². The van der Waals surface area contributed by atoms with Crippen LogP contribution in [-0.4, -0.2) is 38.0 Å². The number of halogens is 2. The summed E-state index contributed by atoms with van der Waals surface area (Å²) in [5.41, 5.74) is 0.984. The van der Waals surface area contributed by atoms with E-state index >= 15 is 0 Å². The van der Waals surface area contributed by atoms with E-state index in [0.29, 0.717) is 16.1 Å². The van der Waals surface area contributed by atoms with Crippen LogP contribution >= 0.6 is 11.6 Å². The molecule has 0 bridgehead atoms. The van der Waals surface area contributed by atoms with Crippen molar-refractivity contribution in [3.63, 3.8) is 0 Å². The van der Waals surface area contributed by atoms with Crippen LogP contribution in [0.3, 0.4) is 0 Å². The SMILES string of the molecule is CS(=O)(=O)N(CCNC(=O)c1ccccc1Cl)Cc1ccc(F)cc1. The van der Waals surface area contributed by atoms with E-state index in [2.05, 4.69) is 5.32 Å². The maximum Gasteiger partial charge on any atom is 0.252 e. The van der Waals surface area contributed by atoms with E-state index in [1.54, 1.807) is 24.3 Å². The molecule has 25 heavy (non-hydrogen) atoms. The Balaban J connectivity index is 1.98. The van der Waals surface area contributed by atoms with E-state index in [0.717, 1.165) is 6.26 Å². The Labute approximate surface area is 151 Å². The maximum atomic E-state index is 13.0. The van der Waals surface area contributed by atoms with Gasteiger partial charge in [-0.2, -0.15) is 4.31 Å². The van der Waals surface area contributed by atoms with Crippen LogP contribution in [0.25, 0.3) is 0 Å². The molecule has 0 radical (unpaired) electrons. The molecule has 1 amide bonds. The van der Waals surface area contributed by atoms with E-state index in [1.807, 2.05) is 0 Å². The van der Waals surface area contributed by atoms with Crippen LogP contribution in [0.5, 0.6) is 0 Å². The lowest BCUT2D eigenvalue weighted by Crippen LogP contribution is -2.37. The van der Waals surface area contributed by atoms with Gasteiger partial charge in [0.15, 0.2) is 0 Å². The average molecular weight is 385 g/mol. The Hall–Kier alpha value is -1.96. The third-order valence-corrected chi connectivity index (χ3v) is 5.09. The van der Waals surface area contributed by atoms with Gasteiger partial charge in [0.05, 0.1) is 16.8 Å². The molecule has 134 valence electrons. The highest BCUT2D eigenvalue weighted by atomic mass is 35.5. The van der Waals surface area contributed by atoms with Crippen molar-refractivity contribution >= 4 is 27.5 Å². The summed E-state index contributed by atoms with van der Waals surface area (Å²) < 4.78 is 38.0. The summed E-state index contributed by atoms with van der Waals surface area (Å²) in [6, 6.07) is 12.2. The van der Waals surface area contributed by atoms with Crippen LogP contribution in [0.15, 0.2) is 48.5 Å². The lowest BCUT2D eigenvalue weighted by atomic mass is 10.2. The molecule has 0 saturated carbocycles. The molecule has 2 aromatic rings. The number of benzene rings is 2. The standard InChI is InChI=1S/C17H18ClFN2O3S/c1-25(23,24)21(12-13-6-8-14(19)9-7-13)11-10-20-17(22)15-4-2-3-5-16(15)18/h2-9H,10-12H2,1H3,(H,20,22). The van der Waals surface area contributed by atoms with E-state index < -0.39 is 10.0 Å². The Kier molecular flexibility index (Phi) is 6.52. The number of sulfonamides is 1. The maximum absolute atomic E-state index is 13.0. The molecular weight excluding hydrogens is 367 g/mol. The summed E-state index contributed by atoms with van der Waals surface area (Å²) in [6.45, 7) is 0.311. The highest BCUT2D eigenvalue weighted by molar-refractivity contribution is 7.88. The van der Waals surface area contributed by atoms with Crippen molar-refractivity contribution in [3.05, 3.63) is 70.5 Å². The summed E-state index contributed by atoms with van der Waals surface area (Å²) in [5.74, 6) is -0.762. The van der Waals surface area contributed by atoms with Crippen molar-refractivity contribution < 1.29 is 17.6 Å². The van der Waals surface area contributed by atoms with Gasteiger partial charge in [-0.1, -0.05) is 35.9 Å². The Bertz CT molecular complexity index is 841. The zero-order valence-electron chi connectivity index (χ0n) is 13.6. The number of rotatable bonds is 7. The van der Waals surface area contributed by atoms with Gasteiger partial charge in [-0.25, -0.2) is 12.8 Å². The van der Waals surface area contributed by atoms with Gasteiger partial charge in [0.2, 0.25) is 10.0 Å². The van der Waals surface area contributed by atoms with Gasteiger partial charge in [0, 0.05) is 19.6 Å². The number of hydrogen-bond acceptors (Lipinski definition) is 3. The second-order valence-corrected chi connectivity index (χ2v) is 7.85. The number of carbonyl (C=O) groups excluding carboxylic acids is 1. The molecule has 2 aromatic carbocycles. The van der Waals surface area contributed by atoms with Gasteiger partial charge in [-0.15, -0.1) is 0 Å². The molecule has 0 saturated heterocycles. The first-order valence-corrected chi connectivity index (χ1v) is 9.72. The summed E-state index contributed by atoms with van der Waals surface area (Å²) in [6.07, 6.45) is 1.09. The van der Waals surface area contributed by atoms with Gasteiger partial charge < -0.3 is 5.32 Å². The van der Waals surface area contributed by atoms with Crippen LogP contribution in [0.2, 0.25) is 5.02 Å². The Morgan fingerprint density at radius 1 is 1.16 bits per heavy atom. The van der Waals surface area contributed by atoms with Gasteiger partial charge in [0.1, 0.15) is 5.82 Å². The molecular formula is C17H18ClFN2O3S. The lowest BCUT2D eigenvalue weighted by Gasteiger charge is -2.20. The molecule has 2 rings (SSSR count). The largest absolute Gasteiger partial charge is 0.351 e. The summed E-state index contributed by atoms with van der Waals surface area (Å²) >= 11 is 5.96. The fourth-order valence-corrected chi connectivity index (χ4v) is 3.22. The predicted molar refractivity (Wildman–Crippen MR) is 95.4 cm³/mol. The summed E-state index contributed by atoms with van der Waals surface area (Å²) in [7, 11) is -3.48. The van der Waals surface area contributed by atoms with E-state index in [4.69, 9.17) is 11.6 Å². The first-order valence-electron chi connectivity index (χ1n) is 7.49. The highest BCUT2D eigenvalue weighted by Crippen LogP contribution is 2.14. The highest BCUT2D eigenvalue weighted by Gasteiger charge is 2.17. The molecule has 0 aliphatic heterocycles. The minimum absolute atomic E-state index is 0.0897. The summed E-state index contributed by atoms with van der Waals surface area (Å²) in [5, 5.41) is 2.97. The van der Waals surface area contributed by atoms with Crippen molar-refractivity contribution in [2.24, 2.45) is 0 Å². The number of amides is 1. The Morgan fingerprint density at radius 2 is 1.80 bits per heavy atom. The molecule has 0 unspecified atom stereocenters. The van der Waals surface area contributed by atoms with Crippen molar-refractivity contribution in [2.45, 2.75) is 6.54 Å². The van der Waals surface area contributed by atoms with Crippen molar-refractivity contribution in [1.29, 1.82) is 0 Å².